The van der Waals surface area contributed by atoms with Crippen molar-refractivity contribution in [3.05, 3.63) is 0 Å². The second kappa shape index (κ2) is 3.66. The summed E-state index contributed by atoms with van der Waals surface area (Å²) in [6.45, 7) is 4.75. The highest BCUT2D eigenvalue weighted by atomic mass is 16.5. The molecular formula is C10H19NO2. The van der Waals surface area contributed by atoms with Crippen LogP contribution in [-0.2, 0) is 9.53 Å². The smallest absolute Gasteiger partial charge is 0.313 e. The zero-order valence-electron chi connectivity index (χ0n) is 8.67. The number of methoxy groups -OCH3 is 1. The van der Waals surface area contributed by atoms with Crippen LogP contribution in [0.15, 0.2) is 0 Å². The molecule has 0 spiro atoms. The van der Waals surface area contributed by atoms with Gasteiger partial charge in [0.05, 0.1) is 12.5 Å². The van der Waals surface area contributed by atoms with Crippen LogP contribution < -0.4 is 5.73 Å². The SMILES string of the molecule is COC(=O)C1(CN)CC1CC(C)C. The number of nitrogens with two attached hydrogens (primary N) is 1. The van der Waals surface area contributed by atoms with Crippen molar-refractivity contribution in [2.45, 2.75) is 26.7 Å². The van der Waals surface area contributed by atoms with Crippen molar-refractivity contribution in [2.24, 2.45) is 23.0 Å². The minimum absolute atomic E-state index is 0.124. The number of carbonyl (C=O) groups is 1. The molecule has 1 rings (SSSR count). The minimum Gasteiger partial charge on any atom is -0.469 e. The van der Waals surface area contributed by atoms with Crippen molar-refractivity contribution in [3.63, 3.8) is 0 Å². The lowest BCUT2D eigenvalue weighted by atomic mass is 9.98. The lowest BCUT2D eigenvalue weighted by Gasteiger charge is -2.12. The van der Waals surface area contributed by atoms with Gasteiger partial charge in [0, 0.05) is 6.54 Å². The standard InChI is InChI=1S/C10H19NO2/c1-7(2)4-8-5-10(8,6-11)9(12)13-3/h7-8H,4-6,11H2,1-3H3. The van der Waals surface area contributed by atoms with Crippen molar-refractivity contribution in [1.29, 1.82) is 0 Å². The van der Waals surface area contributed by atoms with Crippen molar-refractivity contribution in [3.8, 4) is 0 Å². The van der Waals surface area contributed by atoms with Crippen molar-refractivity contribution in [2.75, 3.05) is 13.7 Å². The molecule has 76 valence electrons. The Labute approximate surface area is 79.6 Å². The summed E-state index contributed by atoms with van der Waals surface area (Å²) in [6.07, 6.45) is 1.99. The number of ether oxygens (including phenoxy) is 1. The molecule has 0 saturated heterocycles. The summed E-state index contributed by atoms with van der Waals surface area (Å²) in [5, 5.41) is 0. The molecule has 1 fully saturated rings. The summed E-state index contributed by atoms with van der Waals surface area (Å²) in [7, 11) is 1.44. The van der Waals surface area contributed by atoms with E-state index in [1.54, 1.807) is 0 Å². The molecule has 0 aromatic heterocycles. The first-order valence-corrected chi connectivity index (χ1v) is 4.85. The van der Waals surface area contributed by atoms with E-state index in [1.165, 1.54) is 7.11 Å². The van der Waals surface area contributed by atoms with Crippen LogP contribution in [0, 0.1) is 17.3 Å². The van der Waals surface area contributed by atoms with Crippen LogP contribution in [0.1, 0.15) is 26.7 Å². The highest BCUT2D eigenvalue weighted by Gasteiger charge is 2.59. The van der Waals surface area contributed by atoms with Gasteiger partial charge in [-0.3, -0.25) is 4.79 Å². The maximum Gasteiger partial charge on any atom is 0.313 e. The summed E-state index contributed by atoms with van der Waals surface area (Å²) in [5.41, 5.74) is 5.28. The molecule has 2 unspecified atom stereocenters. The summed E-state index contributed by atoms with van der Waals surface area (Å²) < 4.78 is 4.76. The van der Waals surface area contributed by atoms with Gasteiger partial charge in [-0.05, 0) is 24.7 Å². The predicted molar refractivity (Wildman–Crippen MR) is 51.1 cm³/mol. The van der Waals surface area contributed by atoms with Crippen molar-refractivity contribution >= 4 is 5.97 Å². The second-order valence-electron chi connectivity index (χ2n) is 4.38. The van der Waals surface area contributed by atoms with Crippen LogP contribution in [-0.4, -0.2) is 19.6 Å². The molecule has 0 aromatic rings. The molecular weight excluding hydrogens is 166 g/mol. The quantitative estimate of drug-likeness (QED) is 0.669. The first-order valence-electron chi connectivity index (χ1n) is 4.85. The third kappa shape index (κ3) is 1.85. The number of hydrogen-bond donors (Lipinski definition) is 1. The van der Waals surface area contributed by atoms with E-state index in [-0.39, 0.29) is 11.4 Å². The average Bonchev–Trinajstić information content (AvgIpc) is 2.77. The van der Waals surface area contributed by atoms with Crippen LogP contribution in [0.2, 0.25) is 0 Å². The maximum absolute atomic E-state index is 11.4. The molecule has 0 bridgehead atoms. The van der Waals surface area contributed by atoms with E-state index in [9.17, 15) is 4.79 Å². The molecule has 0 aromatic carbocycles. The highest BCUT2D eigenvalue weighted by molar-refractivity contribution is 5.80. The zero-order chi connectivity index (χ0) is 10.1. The van der Waals surface area contributed by atoms with Gasteiger partial charge in [-0.15, -0.1) is 0 Å². The Balaban J connectivity index is 2.53. The highest BCUT2D eigenvalue weighted by Crippen LogP contribution is 2.55. The molecule has 2 N–H and O–H groups in total. The third-order valence-corrected chi connectivity index (χ3v) is 2.94. The fourth-order valence-corrected chi connectivity index (χ4v) is 2.05. The summed E-state index contributed by atoms with van der Waals surface area (Å²) in [4.78, 5) is 11.4. The molecule has 3 nitrogen and oxygen atoms in total. The molecule has 1 aliphatic carbocycles. The van der Waals surface area contributed by atoms with E-state index in [1.807, 2.05) is 0 Å². The minimum atomic E-state index is -0.334. The molecule has 1 saturated carbocycles. The van der Waals surface area contributed by atoms with E-state index in [2.05, 4.69) is 13.8 Å². The monoisotopic (exact) mass is 185 g/mol. The normalized spacial score (nSPS) is 31.9. The number of rotatable bonds is 4. The van der Waals surface area contributed by atoms with Gasteiger partial charge in [-0.25, -0.2) is 0 Å². The lowest BCUT2D eigenvalue weighted by molar-refractivity contribution is -0.147. The van der Waals surface area contributed by atoms with E-state index < -0.39 is 0 Å². The molecule has 2 atom stereocenters. The third-order valence-electron chi connectivity index (χ3n) is 2.94. The van der Waals surface area contributed by atoms with Crippen LogP contribution >= 0.6 is 0 Å². The summed E-state index contributed by atoms with van der Waals surface area (Å²) in [6, 6.07) is 0. The summed E-state index contributed by atoms with van der Waals surface area (Å²) >= 11 is 0. The lowest BCUT2D eigenvalue weighted by Crippen LogP contribution is -2.28. The van der Waals surface area contributed by atoms with Gasteiger partial charge in [0.1, 0.15) is 0 Å². The zero-order valence-corrected chi connectivity index (χ0v) is 8.67. The number of esters is 1. The Kier molecular flexibility index (Phi) is 2.96. The van der Waals surface area contributed by atoms with Gasteiger partial charge in [0.15, 0.2) is 0 Å². The van der Waals surface area contributed by atoms with E-state index >= 15 is 0 Å². The van der Waals surface area contributed by atoms with Gasteiger partial charge in [0.25, 0.3) is 0 Å². The second-order valence-corrected chi connectivity index (χ2v) is 4.38. The predicted octanol–water partition coefficient (Wildman–Crippen LogP) is 1.17. The van der Waals surface area contributed by atoms with E-state index in [0.29, 0.717) is 18.4 Å². The molecule has 0 heterocycles. The Morgan fingerprint density at radius 3 is 2.69 bits per heavy atom. The Bertz CT molecular complexity index is 203. The van der Waals surface area contributed by atoms with Crippen LogP contribution in [0.4, 0.5) is 0 Å². The van der Waals surface area contributed by atoms with Gasteiger partial charge in [-0.2, -0.15) is 0 Å². The maximum atomic E-state index is 11.4. The first kappa shape index (κ1) is 10.5. The number of carbonyl (C=O) groups excluding carboxylic acids is 1. The first-order chi connectivity index (χ1) is 6.06. The topological polar surface area (TPSA) is 52.3 Å². The molecule has 3 heteroatoms. The Morgan fingerprint density at radius 2 is 2.31 bits per heavy atom. The fraction of sp³-hybridized carbons (Fsp3) is 0.900. The molecule has 0 aliphatic heterocycles. The van der Waals surface area contributed by atoms with Gasteiger partial charge < -0.3 is 10.5 Å². The average molecular weight is 185 g/mol. The fourth-order valence-electron chi connectivity index (χ4n) is 2.05. The van der Waals surface area contributed by atoms with Crippen molar-refractivity contribution in [1.82, 2.24) is 0 Å². The van der Waals surface area contributed by atoms with Crippen LogP contribution in [0.3, 0.4) is 0 Å². The van der Waals surface area contributed by atoms with E-state index in [4.69, 9.17) is 10.5 Å². The van der Waals surface area contributed by atoms with Gasteiger partial charge >= 0.3 is 5.97 Å². The van der Waals surface area contributed by atoms with Crippen molar-refractivity contribution < 1.29 is 9.53 Å². The van der Waals surface area contributed by atoms with Gasteiger partial charge in [0.2, 0.25) is 0 Å². The van der Waals surface area contributed by atoms with Crippen LogP contribution in [0.25, 0.3) is 0 Å². The molecule has 0 amide bonds. The molecule has 0 radical (unpaired) electrons. The largest absolute Gasteiger partial charge is 0.469 e. The van der Waals surface area contributed by atoms with Crippen LogP contribution in [0.5, 0.6) is 0 Å². The summed E-state index contributed by atoms with van der Waals surface area (Å²) in [5.74, 6) is 0.952. The molecule has 13 heavy (non-hydrogen) atoms. The number of hydrogen-bond acceptors (Lipinski definition) is 3. The molecule has 1 aliphatic rings. The Hall–Kier alpha value is -0.570. The van der Waals surface area contributed by atoms with Gasteiger partial charge in [-0.1, -0.05) is 13.8 Å². The van der Waals surface area contributed by atoms with E-state index in [0.717, 1.165) is 12.8 Å². The Morgan fingerprint density at radius 1 is 1.69 bits per heavy atom.